The third kappa shape index (κ3) is 6.52. The van der Waals surface area contributed by atoms with Crippen molar-refractivity contribution in [3.05, 3.63) is 82.4 Å². The van der Waals surface area contributed by atoms with Crippen LogP contribution in [0.15, 0.2) is 65.6 Å². The summed E-state index contributed by atoms with van der Waals surface area (Å²) in [6.45, 7) is 0.280. The van der Waals surface area contributed by atoms with Crippen molar-refractivity contribution >= 4 is 35.2 Å². The van der Waals surface area contributed by atoms with Crippen LogP contribution in [0, 0.1) is 0 Å². The first kappa shape index (κ1) is 28.8. The number of hydrogen-bond acceptors (Lipinski definition) is 6. The third-order valence-corrected chi connectivity index (χ3v) is 8.13. The van der Waals surface area contributed by atoms with Gasteiger partial charge in [-0.25, -0.2) is 0 Å². The van der Waals surface area contributed by atoms with Gasteiger partial charge in [-0.2, -0.15) is 0 Å². The molecule has 6 nitrogen and oxygen atoms in total. The van der Waals surface area contributed by atoms with Gasteiger partial charge >= 0.3 is 29.6 Å². The fourth-order valence-electron chi connectivity index (χ4n) is 5.07. The smallest absolute Gasteiger partial charge is 0.549 e. The van der Waals surface area contributed by atoms with E-state index in [0.717, 1.165) is 19.3 Å². The van der Waals surface area contributed by atoms with Gasteiger partial charge in [0, 0.05) is 40.0 Å². The molecule has 1 aliphatic heterocycles. The largest absolute Gasteiger partial charge is 1.00 e. The summed E-state index contributed by atoms with van der Waals surface area (Å²) < 4.78 is 11.5. The Morgan fingerprint density at radius 2 is 1.79 bits per heavy atom. The molecule has 1 aliphatic carbocycles. The predicted molar refractivity (Wildman–Crippen MR) is 142 cm³/mol. The van der Waals surface area contributed by atoms with E-state index in [9.17, 15) is 14.7 Å². The number of carbonyl (C=O) groups is 2. The number of benzene rings is 3. The fraction of sp³-hybridized carbons (Fsp3) is 0.310. The predicted octanol–water partition coefficient (Wildman–Crippen LogP) is 2.54. The third-order valence-electron chi connectivity index (χ3n) is 7.09. The average Bonchev–Trinajstić information content (AvgIpc) is 3.37. The zero-order valence-electron chi connectivity index (χ0n) is 21.4. The second-order valence-electron chi connectivity index (χ2n) is 9.41. The number of ether oxygens (including phenoxy) is 2. The minimum absolute atomic E-state index is 0. The minimum atomic E-state index is -1.15. The Hall–Kier alpha value is -2.16. The van der Waals surface area contributed by atoms with Gasteiger partial charge < -0.3 is 24.7 Å². The van der Waals surface area contributed by atoms with E-state index in [4.69, 9.17) is 21.1 Å². The van der Waals surface area contributed by atoms with Crippen molar-refractivity contribution in [1.29, 1.82) is 0 Å². The Morgan fingerprint density at radius 3 is 2.47 bits per heavy atom. The summed E-state index contributed by atoms with van der Waals surface area (Å²) >= 11 is 8.11. The van der Waals surface area contributed by atoms with E-state index in [-0.39, 0.29) is 53.1 Å². The van der Waals surface area contributed by atoms with E-state index in [2.05, 4.69) is 35.8 Å². The molecule has 1 heterocycles. The van der Waals surface area contributed by atoms with Crippen LogP contribution in [0.4, 0.5) is 0 Å². The first-order valence-electron chi connectivity index (χ1n) is 12.3. The average molecular weight is 560 g/mol. The summed E-state index contributed by atoms with van der Waals surface area (Å²) in [5, 5.41) is 14.9. The van der Waals surface area contributed by atoms with Crippen LogP contribution in [0.25, 0.3) is 0 Å². The first-order chi connectivity index (χ1) is 17.9. The van der Waals surface area contributed by atoms with Gasteiger partial charge in [0.15, 0.2) is 0 Å². The van der Waals surface area contributed by atoms with Crippen molar-refractivity contribution in [2.75, 3.05) is 12.9 Å². The number of halogens is 1. The van der Waals surface area contributed by atoms with E-state index < -0.39 is 11.9 Å². The van der Waals surface area contributed by atoms with Crippen molar-refractivity contribution in [2.24, 2.45) is 0 Å². The van der Waals surface area contributed by atoms with E-state index in [1.165, 1.54) is 10.5 Å². The zero-order chi connectivity index (χ0) is 25.9. The molecule has 3 atom stereocenters. The van der Waals surface area contributed by atoms with Crippen LogP contribution in [-0.2, 0) is 4.79 Å². The normalized spacial score (nSPS) is 20.0. The molecule has 38 heavy (non-hydrogen) atoms. The van der Waals surface area contributed by atoms with E-state index in [0.29, 0.717) is 40.7 Å². The summed E-state index contributed by atoms with van der Waals surface area (Å²) in [5.74, 6) is -0.289. The molecule has 1 fully saturated rings. The van der Waals surface area contributed by atoms with Gasteiger partial charge in [0.05, 0.1) is 11.6 Å². The molecule has 5 rings (SSSR count). The molecule has 9 heteroatoms. The molecule has 3 aromatic rings. The Balaban J connectivity index is 0.00000336. The van der Waals surface area contributed by atoms with E-state index in [1.807, 2.05) is 0 Å². The first-order valence-corrected chi connectivity index (χ1v) is 13.9. The molecule has 0 bridgehead atoms. The number of carbonyl (C=O) groups excluding carboxylic acids is 2. The second-order valence-corrected chi connectivity index (χ2v) is 10.7. The number of aliphatic carboxylic acids is 1. The molecule has 1 amide bonds. The molecule has 0 aromatic heterocycles. The molecule has 0 radical (unpaired) electrons. The minimum Gasteiger partial charge on any atom is -0.549 e. The van der Waals surface area contributed by atoms with Crippen LogP contribution >= 0.6 is 23.4 Å². The van der Waals surface area contributed by atoms with Crippen LogP contribution in [0.2, 0.25) is 5.02 Å². The van der Waals surface area contributed by atoms with Crippen molar-refractivity contribution in [3.63, 3.8) is 0 Å². The van der Waals surface area contributed by atoms with Crippen LogP contribution in [0.3, 0.4) is 0 Å². The number of carboxylic acid groups (broad SMARTS) is 1. The van der Waals surface area contributed by atoms with Crippen molar-refractivity contribution < 1.29 is 53.7 Å². The van der Waals surface area contributed by atoms with Crippen LogP contribution in [0.5, 0.6) is 17.2 Å². The van der Waals surface area contributed by atoms with Gasteiger partial charge in [-0.3, -0.25) is 4.79 Å². The Labute approximate surface area is 253 Å². The van der Waals surface area contributed by atoms with Crippen LogP contribution in [0.1, 0.15) is 59.0 Å². The summed E-state index contributed by atoms with van der Waals surface area (Å²) in [7, 11) is 0. The number of fused-ring (bicyclic) bond motifs is 1. The maximum Gasteiger partial charge on any atom is 1.00 e. The summed E-state index contributed by atoms with van der Waals surface area (Å²) in [4.78, 5) is 25.5. The number of rotatable bonds is 7. The monoisotopic (exact) mass is 559 g/mol. The summed E-state index contributed by atoms with van der Waals surface area (Å²) in [6.07, 6.45) is 5.36. The molecule has 0 spiro atoms. The molecule has 3 unspecified atom stereocenters. The molecular formula is C29H27ClNNaO5S. The number of nitrogens with one attached hydrogen (secondary N) is 1. The van der Waals surface area contributed by atoms with E-state index >= 15 is 0 Å². The van der Waals surface area contributed by atoms with Crippen molar-refractivity contribution in [1.82, 2.24) is 5.32 Å². The number of thioether (sulfide) groups is 1. The van der Waals surface area contributed by atoms with Crippen LogP contribution in [-0.4, -0.2) is 30.8 Å². The molecule has 3 aromatic carbocycles. The van der Waals surface area contributed by atoms with Crippen LogP contribution < -0.4 is 49.5 Å². The quantitative estimate of drug-likeness (QED) is 0.354. The van der Waals surface area contributed by atoms with Gasteiger partial charge in [0.25, 0.3) is 5.91 Å². The maximum absolute atomic E-state index is 12.9. The van der Waals surface area contributed by atoms with Gasteiger partial charge in [-0.05, 0) is 85.9 Å². The maximum atomic E-state index is 12.9. The van der Waals surface area contributed by atoms with E-state index in [1.54, 1.807) is 48.2 Å². The second kappa shape index (κ2) is 12.8. The Kier molecular flexibility index (Phi) is 9.71. The molecule has 0 saturated heterocycles. The van der Waals surface area contributed by atoms with Gasteiger partial charge in [-0.15, -0.1) is 11.8 Å². The molecule has 2 aliphatic rings. The van der Waals surface area contributed by atoms with Crippen molar-refractivity contribution in [3.8, 4) is 17.2 Å². The fourth-order valence-corrected chi connectivity index (χ4v) is 5.69. The molecule has 1 N–H and O–H groups in total. The standard InChI is InChI=1S/C29H28ClNO5S.Na/c1-37-22-10-5-17(6-11-22)19-2-7-20(14-19)31-28(32)18-3-8-21(9-4-18)36-27-16-26-24(15-25(27)30)23(29(33)34)12-13-35-26;/h3-6,8-11,15-16,19-20,23H,2,7,12-14H2,1H3,(H,31,32)(H,33,34);/q;+1/p-1. The molecular weight excluding hydrogens is 533 g/mol. The number of hydrogen-bond donors (Lipinski definition) is 1. The topological polar surface area (TPSA) is 87.7 Å². The number of amides is 1. The Bertz CT molecular complexity index is 1300. The Morgan fingerprint density at radius 1 is 1.05 bits per heavy atom. The van der Waals surface area contributed by atoms with Crippen molar-refractivity contribution in [2.45, 2.75) is 48.5 Å². The molecule has 1 saturated carbocycles. The number of carboxylic acids is 1. The molecule has 192 valence electrons. The summed E-state index contributed by atoms with van der Waals surface area (Å²) in [5.41, 5.74) is 2.37. The SMILES string of the molecule is CSc1ccc(C2CCC(NC(=O)c3ccc(Oc4cc5c(cc4Cl)C(C(=O)[O-])CCO5)cc3)C2)cc1.[Na+]. The summed E-state index contributed by atoms with van der Waals surface area (Å²) in [6, 6.07) is 18.9. The van der Waals surface area contributed by atoms with Gasteiger partial charge in [0.1, 0.15) is 17.2 Å². The zero-order valence-corrected chi connectivity index (χ0v) is 24.9. The van der Waals surface area contributed by atoms with Gasteiger partial charge in [0.2, 0.25) is 0 Å². The van der Waals surface area contributed by atoms with Gasteiger partial charge in [-0.1, -0.05) is 23.7 Å².